The van der Waals surface area contributed by atoms with Crippen molar-refractivity contribution in [1.29, 1.82) is 0 Å². The average Bonchev–Trinajstić information content (AvgIpc) is 3.46. The van der Waals surface area contributed by atoms with E-state index >= 15 is 0 Å². The van der Waals surface area contributed by atoms with Crippen LogP contribution in [0.2, 0.25) is 0 Å². The van der Waals surface area contributed by atoms with Gasteiger partial charge in [0.1, 0.15) is 17.3 Å². The number of nitrogens with one attached hydrogen (secondary N) is 1. The van der Waals surface area contributed by atoms with Crippen molar-refractivity contribution in [2.45, 2.75) is 19.3 Å². The summed E-state index contributed by atoms with van der Waals surface area (Å²) in [5.41, 5.74) is 9.63. The fourth-order valence-corrected chi connectivity index (χ4v) is 3.74. The molecular formula is C24H21N7O. The van der Waals surface area contributed by atoms with Gasteiger partial charge in [0, 0.05) is 48.7 Å². The molecule has 0 aromatic carbocycles. The van der Waals surface area contributed by atoms with Crippen LogP contribution < -0.4 is 11.1 Å². The Bertz CT molecular complexity index is 1410. The van der Waals surface area contributed by atoms with Crippen LogP contribution in [-0.4, -0.2) is 30.6 Å². The van der Waals surface area contributed by atoms with Crippen LogP contribution >= 0.6 is 0 Å². The fraction of sp³-hybridized carbons (Fsp3) is 0.208. The number of amides is 1. The highest BCUT2D eigenvalue weighted by Crippen LogP contribution is 2.47. The summed E-state index contributed by atoms with van der Waals surface area (Å²) in [5.74, 6) is 7.07. The molecule has 1 aliphatic rings. The second kappa shape index (κ2) is 7.78. The summed E-state index contributed by atoms with van der Waals surface area (Å²) < 4.78 is 1.75. The lowest BCUT2D eigenvalue weighted by molar-refractivity contribution is -0.117. The molecular weight excluding hydrogens is 402 g/mol. The molecule has 1 fully saturated rings. The third-order valence-electron chi connectivity index (χ3n) is 5.64. The van der Waals surface area contributed by atoms with Crippen LogP contribution in [0.4, 0.5) is 11.6 Å². The molecule has 1 amide bonds. The van der Waals surface area contributed by atoms with Gasteiger partial charge >= 0.3 is 0 Å². The average molecular weight is 423 g/mol. The number of carbonyl (C=O) groups excluding carboxylic acids is 1. The number of nitrogens with zero attached hydrogens (tertiary/aromatic N) is 5. The zero-order valence-corrected chi connectivity index (χ0v) is 17.7. The van der Waals surface area contributed by atoms with Gasteiger partial charge in [0.15, 0.2) is 0 Å². The van der Waals surface area contributed by atoms with E-state index in [1.807, 2.05) is 38.5 Å². The first-order valence-corrected chi connectivity index (χ1v) is 10.3. The Morgan fingerprint density at radius 1 is 1.25 bits per heavy atom. The van der Waals surface area contributed by atoms with Crippen molar-refractivity contribution in [3.8, 4) is 11.8 Å². The van der Waals surface area contributed by atoms with E-state index in [2.05, 4.69) is 37.2 Å². The number of pyridine rings is 3. The van der Waals surface area contributed by atoms with E-state index in [1.165, 1.54) is 0 Å². The maximum Gasteiger partial charge on any atom is 0.229 e. The number of hydrogen-bond donors (Lipinski definition) is 2. The Morgan fingerprint density at radius 2 is 2.12 bits per heavy atom. The molecule has 4 heterocycles. The molecule has 1 saturated carbocycles. The molecule has 1 aliphatic carbocycles. The summed E-state index contributed by atoms with van der Waals surface area (Å²) in [6.45, 7) is 1.98. The number of hydrogen-bond acceptors (Lipinski definition) is 6. The summed E-state index contributed by atoms with van der Waals surface area (Å²) in [5, 5.41) is 8.64. The van der Waals surface area contributed by atoms with E-state index in [9.17, 15) is 4.79 Å². The second-order valence-electron chi connectivity index (χ2n) is 8.01. The molecule has 0 spiro atoms. The smallest absolute Gasteiger partial charge is 0.229 e. The lowest BCUT2D eigenvalue weighted by Crippen LogP contribution is -2.15. The van der Waals surface area contributed by atoms with Gasteiger partial charge in [0.25, 0.3) is 0 Å². The molecule has 0 bridgehead atoms. The molecule has 4 aromatic heterocycles. The van der Waals surface area contributed by atoms with Gasteiger partial charge < -0.3 is 11.1 Å². The predicted molar refractivity (Wildman–Crippen MR) is 122 cm³/mol. The van der Waals surface area contributed by atoms with E-state index in [0.717, 1.165) is 28.5 Å². The molecule has 0 aliphatic heterocycles. The van der Waals surface area contributed by atoms with Crippen LogP contribution in [0.1, 0.15) is 34.7 Å². The van der Waals surface area contributed by atoms with Gasteiger partial charge in [-0.3, -0.25) is 14.5 Å². The minimum atomic E-state index is -0.0663. The molecule has 8 heteroatoms. The molecule has 0 radical (unpaired) electrons. The Labute approximate surface area is 184 Å². The second-order valence-corrected chi connectivity index (χ2v) is 8.01. The van der Waals surface area contributed by atoms with E-state index in [0.29, 0.717) is 22.7 Å². The molecule has 32 heavy (non-hydrogen) atoms. The van der Waals surface area contributed by atoms with E-state index < -0.39 is 0 Å². The van der Waals surface area contributed by atoms with Crippen LogP contribution in [0.15, 0.2) is 49.2 Å². The summed E-state index contributed by atoms with van der Waals surface area (Å²) in [6.07, 6.45) is 9.67. The monoisotopic (exact) mass is 423 g/mol. The first-order chi connectivity index (χ1) is 15.5. The Morgan fingerprint density at radius 3 is 2.91 bits per heavy atom. The minimum absolute atomic E-state index is 0.0419. The van der Waals surface area contributed by atoms with Crippen molar-refractivity contribution in [2.75, 3.05) is 11.1 Å². The molecule has 8 nitrogen and oxygen atoms in total. The van der Waals surface area contributed by atoms with Crippen LogP contribution in [0.25, 0.3) is 10.8 Å². The van der Waals surface area contributed by atoms with Crippen molar-refractivity contribution in [3.63, 3.8) is 0 Å². The van der Waals surface area contributed by atoms with Crippen molar-refractivity contribution in [1.82, 2.24) is 24.7 Å². The SMILES string of the molecule is Cc1ccncc1C#Cc1cc2cc(NC(=O)C3CC3c3cnn(C)c3)ncc2c(N)n1. The number of fused-ring (bicyclic) bond motifs is 1. The molecule has 2 unspecified atom stereocenters. The lowest BCUT2D eigenvalue weighted by Gasteiger charge is -2.07. The van der Waals surface area contributed by atoms with Crippen molar-refractivity contribution in [2.24, 2.45) is 13.0 Å². The number of carbonyl (C=O) groups is 1. The van der Waals surface area contributed by atoms with Gasteiger partial charge in [0.05, 0.1) is 6.20 Å². The quantitative estimate of drug-likeness (QED) is 0.490. The topological polar surface area (TPSA) is 112 Å². The fourth-order valence-electron chi connectivity index (χ4n) is 3.74. The normalized spacial score (nSPS) is 16.9. The third-order valence-corrected chi connectivity index (χ3v) is 5.64. The van der Waals surface area contributed by atoms with E-state index in [1.54, 1.807) is 29.3 Å². The molecule has 5 rings (SSSR count). The van der Waals surface area contributed by atoms with Gasteiger partial charge in [-0.2, -0.15) is 5.10 Å². The molecule has 4 aromatic rings. The Balaban J connectivity index is 1.36. The zero-order chi connectivity index (χ0) is 22.2. The summed E-state index contributed by atoms with van der Waals surface area (Å²) in [7, 11) is 1.87. The highest BCUT2D eigenvalue weighted by Gasteiger charge is 2.44. The number of rotatable bonds is 3. The first kappa shape index (κ1) is 19.7. The largest absolute Gasteiger partial charge is 0.383 e. The van der Waals surface area contributed by atoms with Crippen LogP contribution in [-0.2, 0) is 11.8 Å². The predicted octanol–water partition coefficient (Wildman–Crippen LogP) is 2.79. The van der Waals surface area contributed by atoms with Crippen LogP contribution in [0, 0.1) is 24.7 Å². The van der Waals surface area contributed by atoms with Crippen molar-refractivity contribution < 1.29 is 4.79 Å². The Hall–Kier alpha value is -4.25. The number of nitrogen functional groups attached to an aromatic ring is 1. The third kappa shape index (κ3) is 3.88. The van der Waals surface area contributed by atoms with Gasteiger partial charge in [-0.15, -0.1) is 0 Å². The number of aryl methyl sites for hydroxylation is 2. The minimum Gasteiger partial charge on any atom is -0.383 e. The van der Waals surface area contributed by atoms with Gasteiger partial charge in [-0.1, -0.05) is 5.92 Å². The summed E-state index contributed by atoms with van der Waals surface area (Å²) >= 11 is 0. The lowest BCUT2D eigenvalue weighted by atomic mass is 10.1. The summed E-state index contributed by atoms with van der Waals surface area (Å²) in [4.78, 5) is 25.5. The molecule has 3 N–H and O–H groups in total. The molecule has 0 saturated heterocycles. The highest BCUT2D eigenvalue weighted by atomic mass is 16.2. The van der Waals surface area contributed by atoms with Crippen LogP contribution in [0.3, 0.4) is 0 Å². The number of nitrogens with two attached hydrogens (primary N) is 1. The van der Waals surface area contributed by atoms with Crippen LogP contribution in [0.5, 0.6) is 0 Å². The molecule has 2 atom stereocenters. The zero-order valence-electron chi connectivity index (χ0n) is 17.7. The number of aromatic nitrogens is 5. The van der Waals surface area contributed by atoms with Gasteiger partial charge in [-0.25, -0.2) is 9.97 Å². The first-order valence-electron chi connectivity index (χ1n) is 10.3. The van der Waals surface area contributed by atoms with E-state index in [4.69, 9.17) is 5.73 Å². The van der Waals surface area contributed by atoms with Gasteiger partial charge in [-0.05, 0) is 59.9 Å². The number of anilines is 2. The standard InChI is InChI=1S/C24H21N7O/c1-14-5-6-26-10-15(14)3-4-18-7-16-8-22(27-12-21(16)23(25)29-18)30-24(32)20-9-19(20)17-11-28-31(2)13-17/h5-8,10-13,19-20H,9H2,1-2H3,(H2,25,29)(H,27,30,32). The maximum atomic E-state index is 12.7. The van der Waals surface area contributed by atoms with Crippen molar-refractivity contribution >= 4 is 28.3 Å². The highest BCUT2D eigenvalue weighted by molar-refractivity contribution is 5.98. The van der Waals surface area contributed by atoms with Crippen molar-refractivity contribution in [3.05, 3.63) is 71.6 Å². The van der Waals surface area contributed by atoms with Gasteiger partial charge in [0.2, 0.25) is 5.91 Å². The molecule has 158 valence electrons. The Kier molecular flexibility index (Phi) is 4.79. The van der Waals surface area contributed by atoms with E-state index in [-0.39, 0.29) is 17.7 Å². The maximum absolute atomic E-state index is 12.7. The summed E-state index contributed by atoms with van der Waals surface area (Å²) in [6, 6.07) is 5.55.